The predicted octanol–water partition coefficient (Wildman–Crippen LogP) is 4.61. The summed E-state index contributed by atoms with van der Waals surface area (Å²) in [7, 11) is -2.93. The zero-order valence-electron chi connectivity index (χ0n) is 16.8. The second-order valence-corrected chi connectivity index (χ2v) is 9.21. The minimum absolute atomic E-state index is 0.0197. The van der Waals surface area contributed by atoms with Crippen LogP contribution in [-0.2, 0) is 19.6 Å². The van der Waals surface area contributed by atoms with E-state index in [1.165, 1.54) is 49.6 Å². The van der Waals surface area contributed by atoms with Crippen molar-refractivity contribution in [2.24, 2.45) is 0 Å². The highest BCUT2D eigenvalue weighted by Crippen LogP contribution is 2.32. The van der Waals surface area contributed by atoms with Gasteiger partial charge < -0.3 is 10.1 Å². The molecule has 0 bridgehead atoms. The Balaban J connectivity index is 1.99. The first-order valence-corrected chi connectivity index (χ1v) is 11.4. The van der Waals surface area contributed by atoms with Crippen molar-refractivity contribution in [1.29, 1.82) is 0 Å². The van der Waals surface area contributed by atoms with E-state index in [1.54, 1.807) is 30.3 Å². The van der Waals surface area contributed by atoms with E-state index in [1.807, 2.05) is 0 Å². The van der Waals surface area contributed by atoms with Crippen LogP contribution in [0.15, 0.2) is 77.7 Å². The number of rotatable bonds is 7. The molecule has 0 fully saturated rings. The number of methoxy groups -OCH3 is 1. The molecular formula is C22H18Cl2N2O5S. The summed E-state index contributed by atoms with van der Waals surface area (Å²) in [4.78, 5) is 24.8. The molecule has 0 atom stereocenters. The molecule has 0 spiro atoms. The predicted molar refractivity (Wildman–Crippen MR) is 124 cm³/mol. The Kier molecular flexibility index (Phi) is 7.40. The summed E-state index contributed by atoms with van der Waals surface area (Å²) in [6.45, 7) is -0.603. The molecular weight excluding hydrogens is 475 g/mol. The van der Waals surface area contributed by atoms with Crippen molar-refractivity contribution in [3.63, 3.8) is 0 Å². The molecule has 1 N–H and O–H groups in total. The van der Waals surface area contributed by atoms with E-state index in [0.29, 0.717) is 5.02 Å². The number of nitrogens with one attached hydrogen (secondary N) is 1. The number of hydrogen-bond acceptors (Lipinski definition) is 5. The molecule has 0 unspecified atom stereocenters. The molecule has 7 nitrogen and oxygen atoms in total. The van der Waals surface area contributed by atoms with Crippen molar-refractivity contribution >= 4 is 56.5 Å². The van der Waals surface area contributed by atoms with Crippen molar-refractivity contribution in [3.8, 4) is 0 Å². The normalized spacial score (nSPS) is 11.0. The van der Waals surface area contributed by atoms with Gasteiger partial charge in [-0.2, -0.15) is 0 Å². The van der Waals surface area contributed by atoms with Crippen LogP contribution < -0.4 is 9.62 Å². The maximum Gasteiger partial charge on any atom is 0.339 e. The van der Waals surface area contributed by atoms with Crippen LogP contribution in [0.4, 0.5) is 11.4 Å². The summed E-state index contributed by atoms with van der Waals surface area (Å²) in [5.74, 6) is -1.33. The summed E-state index contributed by atoms with van der Waals surface area (Å²) in [5.41, 5.74) is 0.394. The van der Waals surface area contributed by atoms with Crippen LogP contribution in [0.5, 0.6) is 0 Å². The van der Waals surface area contributed by atoms with Gasteiger partial charge in [0.1, 0.15) is 6.54 Å². The Bertz CT molecular complexity index is 1250. The van der Waals surface area contributed by atoms with E-state index >= 15 is 0 Å². The lowest BCUT2D eigenvalue weighted by Gasteiger charge is -2.25. The third-order valence-corrected chi connectivity index (χ3v) is 6.72. The van der Waals surface area contributed by atoms with Gasteiger partial charge in [0.25, 0.3) is 10.0 Å². The molecule has 10 heteroatoms. The molecule has 166 valence electrons. The topological polar surface area (TPSA) is 92.8 Å². The molecule has 3 rings (SSSR count). The number of amides is 1. The zero-order valence-corrected chi connectivity index (χ0v) is 19.1. The van der Waals surface area contributed by atoms with E-state index in [-0.39, 0.29) is 26.9 Å². The van der Waals surface area contributed by atoms with Crippen LogP contribution in [0, 0.1) is 0 Å². The Labute approximate surface area is 195 Å². The van der Waals surface area contributed by atoms with Gasteiger partial charge in [-0.25, -0.2) is 13.2 Å². The molecule has 0 aliphatic heterocycles. The monoisotopic (exact) mass is 492 g/mol. The van der Waals surface area contributed by atoms with Gasteiger partial charge in [-0.3, -0.25) is 9.10 Å². The van der Waals surface area contributed by atoms with Crippen molar-refractivity contribution < 1.29 is 22.7 Å². The fourth-order valence-corrected chi connectivity index (χ4v) is 4.92. The van der Waals surface area contributed by atoms with Gasteiger partial charge in [0.2, 0.25) is 5.91 Å². The highest BCUT2D eigenvalue weighted by atomic mass is 35.5. The summed E-state index contributed by atoms with van der Waals surface area (Å²) in [6.07, 6.45) is 0. The molecule has 0 heterocycles. The first kappa shape index (κ1) is 23.6. The second-order valence-electron chi connectivity index (χ2n) is 6.51. The third kappa shape index (κ3) is 5.21. The van der Waals surface area contributed by atoms with Gasteiger partial charge in [-0.15, -0.1) is 0 Å². The maximum absolute atomic E-state index is 13.4. The van der Waals surface area contributed by atoms with Crippen LogP contribution in [0.2, 0.25) is 10.0 Å². The lowest BCUT2D eigenvalue weighted by atomic mass is 10.2. The van der Waals surface area contributed by atoms with Crippen molar-refractivity contribution in [1.82, 2.24) is 0 Å². The summed E-state index contributed by atoms with van der Waals surface area (Å²) in [6, 6.07) is 18.1. The number of hydrogen-bond donors (Lipinski definition) is 1. The van der Waals surface area contributed by atoms with Gasteiger partial charge in [-0.1, -0.05) is 53.5 Å². The third-order valence-electron chi connectivity index (χ3n) is 4.40. The Morgan fingerprint density at radius 1 is 0.969 bits per heavy atom. The van der Waals surface area contributed by atoms with Crippen molar-refractivity contribution in [2.45, 2.75) is 4.90 Å². The number of anilines is 2. The van der Waals surface area contributed by atoms with Gasteiger partial charge in [0, 0.05) is 5.02 Å². The molecule has 0 aliphatic carbocycles. The molecule has 1 amide bonds. The van der Waals surface area contributed by atoms with Gasteiger partial charge >= 0.3 is 5.97 Å². The smallest absolute Gasteiger partial charge is 0.339 e. The largest absolute Gasteiger partial charge is 0.465 e. The number of benzene rings is 3. The van der Waals surface area contributed by atoms with E-state index in [9.17, 15) is 18.0 Å². The molecule has 3 aromatic carbocycles. The molecule has 0 aliphatic rings. The van der Waals surface area contributed by atoms with Gasteiger partial charge in [0.15, 0.2) is 0 Å². The lowest BCUT2D eigenvalue weighted by molar-refractivity contribution is -0.114. The highest BCUT2D eigenvalue weighted by molar-refractivity contribution is 7.92. The quantitative estimate of drug-likeness (QED) is 0.485. The van der Waals surface area contributed by atoms with Crippen LogP contribution in [0.25, 0.3) is 0 Å². The van der Waals surface area contributed by atoms with Crippen molar-refractivity contribution in [3.05, 3.63) is 88.4 Å². The summed E-state index contributed by atoms with van der Waals surface area (Å²) < 4.78 is 32.3. The Morgan fingerprint density at radius 3 is 2.28 bits per heavy atom. The summed E-state index contributed by atoms with van der Waals surface area (Å²) in [5, 5.41) is 2.93. The maximum atomic E-state index is 13.4. The first-order chi connectivity index (χ1) is 15.2. The molecule has 0 saturated carbocycles. The summed E-state index contributed by atoms with van der Waals surface area (Å²) >= 11 is 12.2. The number of sulfonamides is 1. The Hall–Kier alpha value is -3.07. The Morgan fingerprint density at radius 2 is 1.62 bits per heavy atom. The minimum Gasteiger partial charge on any atom is -0.465 e. The number of nitrogens with zero attached hydrogens (tertiary/aromatic N) is 1. The van der Waals surface area contributed by atoms with Gasteiger partial charge in [0.05, 0.1) is 34.0 Å². The molecule has 0 saturated heterocycles. The number of halogens is 2. The fraction of sp³-hybridized carbons (Fsp3) is 0.0909. The standard InChI is InChI=1S/C22H18Cl2N2O5S/c1-31-22(28)17-9-5-6-10-19(17)25-21(27)14-26(20-12-11-15(23)13-18(20)24)32(29,30)16-7-3-2-4-8-16/h2-13H,14H2,1H3,(H,25,27). The zero-order chi connectivity index (χ0) is 23.3. The molecule has 0 radical (unpaired) electrons. The number of esters is 1. The van der Waals surface area contributed by atoms with E-state index < -0.39 is 28.4 Å². The minimum atomic E-state index is -4.15. The number of para-hydroxylation sites is 1. The lowest BCUT2D eigenvalue weighted by Crippen LogP contribution is -2.38. The van der Waals surface area contributed by atoms with Crippen LogP contribution in [0.3, 0.4) is 0 Å². The van der Waals surface area contributed by atoms with Gasteiger partial charge in [-0.05, 0) is 42.5 Å². The number of carbonyl (C=O) groups excluding carboxylic acids is 2. The number of ether oxygens (including phenoxy) is 1. The number of carbonyl (C=O) groups is 2. The van der Waals surface area contributed by atoms with E-state index in [2.05, 4.69) is 5.32 Å². The highest BCUT2D eigenvalue weighted by Gasteiger charge is 2.29. The first-order valence-electron chi connectivity index (χ1n) is 9.24. The van der Waals surface area contributed by atoms with Crippen molar-refractivity contribution in [2.75, 3.05) is 23.3 Å². The SMILES string of the molecule is COC(=O)c1ccccc1NC(=O)CN(c1ccc(Cl)cc1Cl)S(=O)(=O)c1ccccc1. The average Bonchev–Trinajstić information content (AvgIpc) is 2.78. The molecule has 3 aromatic rings. The molecule has 0 aromatic heterocycles. The van der Waals surface area contributed by atoms with Crippen LogP contribution in [0.1, 0.15) is 10.4 Å². The van der Waals surface area contributed by atoms with E-state index in [0.717, 1.165) is 4.31 Å². The van der Waals surface area contributed by atoms with Crippen LogP contribution in [-0.4, -0.2) is 33.9 Å². The second kappa shape index (κ2) is 10.0. The average molecular weight is 493 g/mol. The van der Waals surface area contributed by atoms with E-state index in [4.69, 9.17) is 27.9 Å². The van der Waals surface area contributed by atoms with Crippen LogP contribution >= 0.6 is 23.2 Å². The molecule has 32 heavy (non-hydrogen) atoms. The fourth-order valence-electron chi connectivity index (χ4n) is 2.90.